The molecule has 14 heavy (non-hydrogen) atoms. The molecule has 1 saturated carbocycles. The van der Waals surface area contributed by atoms with Crippen molar-refractivity contribution in [3.8, 4) is 0 Å². The largest absolute Gasteiger partial charge is 0.481 e. The van der Waals surface area contributed by atoms with Crippen molar-refractivity contribution in [3.63, 3.8) is 0 Å². The average molecular weight is 211 g/mol. The molecule has 2 atom stereocenters. The van der Waals surface area contributed by atoms with Gasteiger partial charge in [0.05, 0.1) is 5.41 Å². The van der Waals surface area contributed by atoms with E-state index in [2.05, 4.69) is 0 Å². The van der Waals surface area contributed by atoms with Gasteiger partial charge in [0.15, 0.2) is 0 Å². The molecule has 0 heterocycles. The van der Waals surface area contributed by atoms with E-state index >= 15 is 0 Å². The van der Waals surface area contributed by atoms with Crippen molar-refractivity contribution in [3.05, 3.63) is 34.9 Å². The molecule has 1 fully saturated rings. The van der Waals surface area contributed by atoms with Crippen molar-refractivity contribution in [2.24, 2.45) is 5.41 Å². The minimum absolute atomic E-state index is 0.150. The fraction of sp³-hybridized carbons (Fsp3) is 0.364. The molecule has 0 saturated heterocycles. The van der Waals surface area contributed by atoms with E-state index in [4.69, 9.17) is 16.7 Å². The van der Waals surface area contributed by atoms with Crippen molar-refractivity contribution in [2.75, 3.05) is 0 Å². The van der Waals surface area contributed by atoms with Gasteiger partial charge in [-0.15, -0.1) is 0 Å². The normalized spacial score (nSPS) is 30.0. The third-order valence-electron chi connectivity index (χ3n) is 3.00. The van der Waals surface area contributed by atoms with Gasteiger partial charge >= 0.3 is 5.97 Å². The highest BCUT2D eigenvalue weighted by molar-refractivity contribution is 6.30. The third-order valence-corrected chi connectivity index (χ3v) is 3.25. The van der Waals surface area contributed by atoms with Crippen LogP contribution in [0.3, 0.4) is 0 Å². The molecule has 2 rings (SSSR count). The van der Waals surface area contributed by atoms with Crippen LogP contribution in [0.2, 0.25) is 5.02 Å². The number of carboxylic acids is 1. The Labute approximate surface area is 87.5 Å². The van der Waals surface area contributed by atoms with E-state index in [1.54, 1.807) is 19.1 Å². The second-order valence-electron chi connectivity index (χ2n) is 4.03. The maximum Gasteiger partial charge on any atom is 0.309 e. The molecule has 2 unspecified atom stereocenters. The Morgan fingerprint density at radius 3 is 2.50 bits per heavy atom. The zero-order chi connectivity index (χ0) is 10.3. The molecule has 0 bridgehead atoms. The van der Waals surface area contributed by atoms with Crippen LogP contribution < -0.4 is 0 Å². The lowest BCUT2D eigenvalue weighted by Crippen LogP contribution is -2.12. The highest BCUT2D eigenvalue weighted by Gasteiger charge is 2.56. The Bertz CT molecular complexity index is 371. The summed E-state index contributed by atoms with van der Waals surface area (Å²) in [6.07, 6.45) is 0.726. The van der Waals surface area contributed by atoms with Crippen LogP contribution in [0.4, 0.5) is 0 Å². The first-order chi connectivity index (χ1) is 6.54. The predicted octanol–water partition coefficient (Wildman–Crippen LogP) is 2.92. The number of halogens is 1. The summed E-state index contributed by atoms with van der Waals surface area (Å²) >= 11 is 5.75. The topological polar surface area (TPSA) is 37.3 Å². The Morgan fingerprint density at radius 2 is 2.07 bits per heavy atom. The van der Waals surface area contributed by atoms with Gasteiger partial charge < -0.3 is 5.11 Å². The molecule has 1 aromatic rings. The summed E-state index contributed by atoms with van der Waals surface area (Å²) in [6, 6.07) is 7.41. The van der Waals surface area contributed by atoms with Crippen molar-refractivity contribution in [2.45, 2.75) is 19.3 Å². The lowest BCUT2D eigenvalue weighted by molar-refractivity contribution is -0.142. The minimum Gasteiger partial charge on any atom is -0.481 e. The van der Waals surface area contributed by atoms with Crippen LogP contribution in [0.15, 0.2) is 24.3 Å². The van der Waals surface area contributed by atoms with Gasteiger partial charge in [0.25, 0.3) is 0 Å². The van der Waals surface area contributed by atoms with E-state index in [0.717, 1.165) is 12.0 Å². The minimum atomic E-state index is -0.711. The highest BCUT2D eigenvalue weighted by atomic mass is 35.5. The van der Waals surface area contributed by atoms with E-state index in [-0.39, 0.29) is 5.92 Å². The average Bonchev–Trinajstić information content (AvgIpc) is 2.81. The van der Waals surface area contributed by atoms with E-state index in [1.807, 2.05) is 12.1 Å². The lowest BCUT2D eigenvalue weighted by Gasteiger charge is -2.04. The van der Waals surface area contributed by atoms with Crippen LogP contribution in [-0.4, -0.2) is 11.1 Å². The van der Waals surface area contributed by atoms with Crippen LogP contribution in [0, 0.1) is 5.41 Å². The molecule has 0 aromatic heterocycles. The van der Waals surface area contributed by atoms with Gasteiger partial charge in [-0.25, -0.2) is 0 Å². The van der Waals surface area contributed by atoms with Crippen LogP contribution in [-0.2, 0) is 4.79 Å². The molecule has 74 valence electrons. The molecule has 0 amide bonds. The molecule has 1 aliphatic rings. The molecule has 1 aromatic carbocycles. The van der Waals surface area contributed by atoms with Gasteiger partial charge in [-0.1, -0.05) is 23.7 Å². The second-order valence-corrected chi connectivity index (χ2v) is 4.47. The third kappa shape index (κ3) is 1.40. The van der Waals surface area contributed by atoms with Gasteiger partial charge in [-0.2, -0.15) is 0 Å². The zero-order valence-electron chi connectivity index (χ0n) is 7.83. The molecule has 0 radical (unpaired) electrons. The summed E-state index contributed by atoms with van der Waals surface area (Å²) in [4.78, 5) is 10.9. The maximum absolute atomic E-state index is 10.9. The van der Waals surface area contributed by atoms with Crippen molar-refractivity contribution in [1.82, 2.24) is 0 Å². The molecule has 3 heteroatoms. The first-order valence-corrected chi connectivity index (χ1v) is 4.91. The smallest absolute Gasteiger partial charge is 0.309 e. The lowest BCUT2D eigenvalue weighted by atomic mass is 10.0. The summed E-state index contributed by atoms with van der Waals surface area (Å²) in [5.74, 6) is -0.560. The Morgan fingerprint density at radius 1 is 1.50 bits per heavy atom. The Hall–Kier alpha value is -1.02. The summed E-state index contributed by atoms with van der Waals surface area (Å²) in [6.45, 7) is 1.79. The summed E-state index contributed by atoms with van der Waals surface area (Å²) in [5, 5.41) is 9.66. The van der Waals surface area contributed by atoms with Gasteiger partial charge in [-0.3, -0.25) is 4.79 Å². The van der Waals surface area contributed by atoms with Crippen molar-refractivity contribution < 1.29 is 9.90 Å². The Kier molecular flexibility index (Phi) is 2.04. The molecule has 0 aliphatic heterocycles. The summed E-state index contributed by atoms with van der Waals surface area (Å²) in [5.41, 5.74) is 0.507. The second kappa shape index (κ2) is 2.99. The van der Waals surface area contributed by atoms with Crippen LogP contribution >= 0.6 is 11.6 Å². The first kappa shape index (κ1) is 9.53. The van der Waals surface area contributed by atoms with E-state index in [9.17, 15) is 4.79 Å². The summed E-state index contributed by atoms with van der Waals surface area (Å²) < 4.78 is 0. The monoisotopic (exact) mass is 210 g/mol. The molecule has 2 nitrogen and oxygen atoms in total. The van der Waals surface area contributed by atoms with Crippen LogP contribution in [0.1, 0.15) is 24.8 Å². The van der Waals surface area contributed by atoms with Crippen molar-refractivity contribution in [1.29, 1.82) is 0 Å². The van der Waals surface area contributed by atoms with Gasteiger partial charge in [0.2, 0.25) is 0 Å². The number of rotatable bonds is 2. The quantitative estimate of drug-likeness (QED) is 0.815. The van der Waals surface area contributed by atoms with Gasteiger partial charge in [0.1, 0.15) is 0 Å². The SMILES string of the molecule is CC1(C(=O)O)CC1c1ccc(Cl)cc1. The predicted molar refractivity (Wildman–Crippen MR) is 54.6 cm³/mol. The van der Waals surface area contributed by atoms with E-state index in [0.29, 0.717) is 5.02 Å². The fourth-order valence-corrected chi connectivity index (χ4v) is 1.91. The molecular formula is C11H11ClO2. The molecule has 0 spiro atoms. The number of hydrogen-bond acceptors (Lipinski definition) is 1. The highest BCUT2D eigenvalue weighted by Crippen LogP contribution is 2.59. The standard InChI is InChI=1S/C11H11ClO2/c1-11(10(13)14)6-9(11)7-2-4-8(12)5-3-7/h2-5,9H,6H2,1H3,(H,13,14). The number of carbonyl (C=O) groups is 1. The number of benzene rings is 1. The fourth-order valence-electron chi connectivity index (χ4n) is 1.78. The first-order valence-electron chi connectivity index (χ1n) is 4.53. The van der Waals surface area contributed by atoms with Gasteiger partial charge in [-0.05, 0) is 31.0 Å². The van der Waals surface area contributed by atoms with E-state index in [1.165, 1.54) is 0 Å². The van der Waals surface area contributed by atoms with Crippen LogP contribution in [0.5, 0.6) is 0 Å². The summed E-state index contributed by atoms with van der Waals surface area (Å²) in [7, 11) is 0. The maximum atomic E-state index is 10.9. The van der Waals surface area contributed by atoms with Gasteiger partial charge in [0, 0.05) is 10.9 Å². The van der Waals surface area contributed by atoms with Crippen molar-refractivity contribution >= 4 is 17.6 Å². The number of carboxylic acid groups (broad SMARTS) is 1. The Balaban J connectivity index is 2.21. The molecule has 1 aliphatic carbocycles. The zero-order valence-corrected chi connectivity index (χ0v) is 8.58. The number of aliphatic carboxylic acids is 1. The molecule has 1 N–H and O–H groups in total. The van der Waals surface area contributed by atoms with Crippen LogP contribution in [0.25, 0.3) is 0 Å². The van der Waals surface area contributed by atoms with E-state index < -0.39 is 11.4 Å². The molecular weight excluding hydrogens is 200 g/mol. The number of hydrogen-bond donors (Lipinski definition) is 1.